The van der Waals surface area contributed by atoms with Crippen molar-refractivity contribution < 1.29 is 0 Å². The summed E-state index contributed by atoms with van der Waals surface area (Å²) in [6.07, 6.45) is 4.30. The van der Waals surface area contributed by atoms with Crippen molar-refractivity contribution in [1.29, 1.82) is 0 Å². The molecule has 0 spiro atoms. The molecule has 2 aromatic heterocycles. The third-order valence-electron chi connectivity index (χ3n) is 3.15. The van der Waals surface area contributed by atoms with Crippen LogP contribution in [0.1, 0.15) is 19.8 Å². The van der Waals surface area contributed by atoms with E-state index < -0.39 is 0 Å². The van der Waals surface area contributed by atoms with Gasteiger partial charge in [0.05, 0.1) is 16.1 Å². The van der Waals surface area contributed by atoms with Gasteiger partial charge in [-0.2, -0.15) is 0 Å². The van der Waals surface area contributed by atoms with Crippen LogP contribution in [0.3, 0.4) is 0 Å². The van der Waals surface area contributed by atoms with E-state index in [0.717, 1.165) is 32.6 Å². The van der Waals surface area contributed by atoms with Crippen molar-refractivity contribution in [2.75, 3.05) is 5.75 Å². The van der Waals surface area contributed by atoms with Gasteiger partial charge < -0.3 is 0 Å². The van der Waals surface area contributed by atoms with E-state index in [4.69, 9.17) is 4.98 Å². The molecule has 0 saturated carbocycles. The quantitative estimate of drug-likeness (QED) is 0.390. The highest BCUT2D eigenvalue weighted by Gasteiger charge is 2.04. The number of hydrogen-bond donors (Lipinski definition) is 0. The smallest absolute Gasteiger partial charge is 0.0978 e. The Morgan fingerprint density at radius 3 is 2.63 bits per heavy atom. The van der Waals surface area contributed by atoms with E-state index in [1.807, 2.05) is 24.0 Å². The Morgan fingerprint density at radius 2 is 1.79 bits per heavy atom. The summed E-state index contributed by atoms with van der Waals surface area (Å²) in [7, 11) is 0. The first-order valence-corrected chi connectivity index (χ1v) is 7.64. The lowest BCUT2D eigenvalue weighted by Crippen LogP contribution is -1.88. The Balaban J connectivity index is 2.07. The van der Waals surface area contributed by atoms with Crippen molar-refractivity contribution in [3.8, 4) is 0 Å². The summed E-state index contributed by atoms with van der Waals surface area (Å²) in [5, 5.41) is 3.41. The van der Waals surface area contributed by atoms with E-state index in [2.05, 4.69) is 42.2 Å². The van der Waals surface area contributed by atoms with Crippen molar-refractivity contribution in [2.24, 2.45) is 0 Å². The summed E-state index contributed by atoms with van der Waals surface area (Å²) >= 11 is 1.83. The Morgan fingerprint density at radius 1 is 1.00 bits per heavy atom. The predicted octanol–water partition coefficient (Wildman–Crippen LogP) is 4.68. The maximum absolute atomic E-state index is 4.78. The summed E-state index contributed by atoms with van der Waals surface area (Å²) in [5.74, 6) is 1.13. The zero-order valence-corrected chi connectivity index (χ0v) is 11.8. The van der Waals surface area contributed by atoms with E-state index >= 15 is 0 Å². The maximum atomic E-state index is 4.78. The number of unbranched alkanes of at least 4 members (excludes halogenated alkanes) is 1. The molecule has 2 nitrogen and oxygen atoms in total. The molecule has 0 amide bonds. The van der Waals surface area contributed by atoms with Gasteiger partial charge in [-0.1, -0.05) is 37.6 Å². The highest BCUT2D eigenvalue weighted by Crippen LogP contribution is 2.25. The summed E-state index contributed by atoms with van der Waals surface area (Å²) in [5.41, 5.74) is 2.01. The zero-order chi connectivity index (χ0) is 13.1. The molecule has 0 aliphatic rings. The van der Waals surface area contributed by atoms with Crippen molar-refractivity contribution in [1.82, 2.24) is 9.97 Å². The highest BCUT2D eigenvalue weighted by molar-refractivity contribution is 7.99. The third kappa shape index (κ3) is 2.56. The van der Waals surface area contributed by atoms with Crippen molar-refractivity contribution in [2.45, 2.75) is 24.8 Å². The SMILES string of the molecule is CCCCSc1ccc2ccc3cccnc3c2n1. The molecule has 19 heavy (non-hydrogen) atoms. The molecular formula is C16H16N2S. The first kappa shape index (κ1) is 12.4. The molecule has 0 unspecified atom stereocenters. The molecule has 0 bridgehead atoms. The lowest BCUT2D eigenvalue weighted by atomic mass is 10.1. The fraction of sp³-hybridized carbons (Fsp3) is 0.250. The second-order valence-corrected chi connectivity index (χ2v) is 5.68. The number of thioether (sulfide) groups is 1. The van der Waals surface area contributed by atoms with Gasteiger partial charge >= 0.3 is 0 Å². The fourth-order valence-electron chi connectivity index (χ4n) is 2.11. The maximum Gasteiger partial charge on any atom is 0.0978 e. The standard InChI is InChI=1S/C16H16N2S/c1-2-3-11-19-14-9-8-13-7-6-12-5-4-10-17-15(12)16(13)18-14/h4-10H,2-3,11H2,1H3. The van der Waals surface area contributed by atoms with Crippen molar-refractivity contribution in [3.05, 3.63) is 42.6 Å². The molecule has 0 aliphatic carbocycles. The van der Waals surface area contributed by atoms with Crippen LogP contribution < -0.4 is 0 Å². The van der Waals surface area contributed by atoms with Gasteiger partial charge in [-0.3, -0.25) is 4.98 Å². The average Bonchev–Trinajstić information content (AvgIpc) is 2.47. The first-order valence-electron chi connectivity index (χ1n) is 6.66. The number of benzene rings is 1. The predicted molar refractivity (Wildman–Crippen MR) is 82.7 cm³/mol. The molecule has 0 N–H and O–H groups in total. The van der Waals surface area contributed by atoms with Crippen LogP contribution in [-0.4, -0.2) is 15.7 Å². The van der Waals surface area contributed by atoms with Gasteiger partial charge in [0.25, 0.3) is 0 Å². The Kier molecular flexibility index (Phi) is 3.65. The number of hydrogen-bond acceptors (Lipinski definition) is 3. The molecule has 0 fully saturated rings. The van der Waals surface area contributed by atoms with Crippen LogP contribution in [0.5, 0.6) is 0 Å². The van der Waals surface area contributed by atoms with Gasteiger partial charge in [0.2, 0.25) is 0 Å². The summed E-state index contributed by atoms with van der Waals surface area (Å²) in [6.45, 7) is 2.21. The third-order valence-corrected chi connectivity index (χ3v) is 4.17. The topological polar surface area (TPSA) is 25.8 Å². The van der Waals surface area contributed by atoms with Crippen LogP contribution >= 0.6 is 11.8 Å². The Bertz CT molecular complexity index is 709. The molecule has 3 heteroatoms. The van der Waals surface area contributed by atoms with Crippen molar-refractivity contribution >= 4 is 33.6 Å². The van der Waals surface area contributed by atoms with Gasteiger partial charge in [0.15, 0.2) is 0 Å². The second kappa shape index (κ2) is 5.57. The minimum atomic E-state index is 0.998. The molecule has 3 rings (SSSR count). The number of rotatable bonds is 4. The minimum Gasteiger partial charge on any atom is -0.254 e. The van der Waals surface area contributed by atoms with Gasteiger partial charge in [-0.25, -0.2) is 4.98 Å². The molecule has 3 aromatic rings. The van der Waals surface area contributed by atoms with Crippen LogP contribution in [0.25, 0.3) is 21.8 Å². The normalized spacial score (nSPS) is 11.2. The van der Waals surface area contributed by atoms with Gasteiger partial charge in [-0.15, -0.1) is 11.8 Å². The van der Waals surface area contributed by atoms with Crippen LogP contribution in [0.15, 0.2) is 47.6 Å². The molecule has 0 saturated heterocycles. The Hall–Kier alpha value is -1.61. The molecule has 2 heterocycles. The zero-order valence-electron chi connectivity index (χ0n) is 11.0. The Labute approximate surface area is 117 Å². The number of pyridine rings is 2. The van der Waals surface area contributed by atoms with Crippen LogP contribution in [0.2, 0.25) is 0 Å². The molecule has 0 aliphatic heterocycles. The molecule has 0 atom stereocenters. The van der Waals surface area contributed by atoms with Crippen LogP contribution in [-0.2, 0) is 0 Å². The molecule has 0 radical (unpaired) electrons. The summed E-state index contributed by atoms with van der Waals surface area (Å²) in [6, 6.07) is 12.5. The number of nitrogens with zero attached hydrogens (tertiary/aromatic N) is 2. The van der Waals surface area contributed by atoms with E-state index in [9.17, 15) is 0 Å². The second-order valence-electron chi connectivity index (χ2n) is 4.56. The van der Waals surface area contributed by atoms with Crippen molar-refractivity contribution in [3.63, 3.8) is 0 Å². The number of fused-ring (bicyclic) bond motifs is 3. The molecule has 96 valence electrons. The number of aromatic nitrogens is 2. The average molecular weight is 268 g/mol. The van der Waals surface area contributed by atoms with Gasteiger partial charge in [-0.05, 0) is 24.3 Å². The monoisotopic (exact) mass is 268 g/mol. The van der Waals surface area contributed by atoms with Crippen LogP contribution in [0, 0.1) is 0 Å². The largest absolute Gasteiger partial charge is 0.254 e. The van der Waals surface area contributed by atoms with E-state index in [-0.39, 0.29) is 0 Å². The molecule has 1 aromatic carbocycles. The van der Waals surface area contributed by atoms with Gasteiger partial charge in [0.1, 0.15) is 0 Å². The van der Waals surface area contributed by atoms with E-state index in [1.54, 1.807) is 0 Å². The van der Waals surface area contributed by atoms with Gasteiger partial charge in [0, 0.05) is 17.0 Å². The highest BCUT2D eigenvalue weighted by atomic mass is 32.2. The van der Waals surface area contributed by atoms with E-state index in [0.29, 0.717) is 0 Å². The first-order chi connectivity index (χ1) is 9.38. The minimum absolute atomic E-state index is 0.998. The lowest BCUT2D eigenvalue weighted by molar-refractivity contribution is 0.895. The summed E-state index contributed by atoms with van der Waals surface area (Å²) < 4.78 is 0. The summed E-state index contributed by atoms with van der Waals surface area (Å²) in [4.78, 5) is 9.25. The molecular weight excluding hydrogens is 252 g/mol. The fourth-order valence-corrected chi connectivity index (χ4v) is 3.07. The lowest BCUT2D eigenvalue weighted by Gasteiger charge is -2.05. The van der Waals surface area contributed by atoms with E-state index in [1.165, 1.54) is 12.8 Å². The van der Waals surface area contributed by atoms with Crippen LogP contribution in [0.4, 0.5) is 0 Å².